The van der Waals surface area contributed by atoms with E-state index in [-0.39, 0.29) is 0 Å². The first-order valence-electron chi connectivity index (χ1n) is 7.27. The van der Waals surface area contributed by atoms with Gasteiger partial charge in [0.05, 0.1) is 17.5 Å². The monoisotopic (exact) mass is 381 g/mol. The van der Waals surface area contributed by atoms with Crippen molar-refractivity contribution in [2.24, 2.45) is 5.10 Å². The van der Waals surface area contributed by atoms with Gasteiger partial charge in [0.25, 0.3) is 0 Å². The first kappa shape index (κ1) is 17.9. The zero-order chi connectivity index (χ0) is 18.6. The number of benzene rings is 2. The van der Waals surface area contributed by atoms with Crippen molar-refractivity contribution in [2.45, 2.75) is 6.36 Å². The summed E-state index contributed by atoms with van der Waals surface area (Å²) in [4.78, 5) is 4.30. The predicted molar refractivity (Wildman–Crippen MR) is 91.8 cm³/mol. The van der Waals surface area contributed by atoms with Crippen LogP contribution in [0.4, 0.5) is 22.7 Å². The van der Waals surface area contributed by atoms with E-state index in [4.69, 9.17) is 0 Å². The van der Waals surface area contributed by atoms with E-state index in [1.807, 2.05) is 30.3 Å². The number of anilines is 1. The van der Waals surface area contributed by atoms with Crippen molar-refractivity contribution in [3.8, 4) is 17.0 Å². The van der Waals surface area contributed by atoms with Gasteiger partial charge in [0.1, 0.15) is 11.6 Å². The van der Waals surface area contributed by atoms with Crippen molar-refractivity contribution in [1.82, 2.24) is 4.98 Å². The fourth-order valence-electron chi connectivity index (χ4n) is 2.07. The Kier molecular flexibility index (Phi) is 5.17. The molecule has 1 heterocycles. The van der Waals surface area contributed by atoms with Gasteiger partial charge in [-0.1, -0.05) is 36.4 Å². The van der Waals surface area contributed by atoms with E-state index in [1.165, 1.54) is 11.3 Å². The minimum absolute atomic E-state index is 0.412. The molecule has 0 radical (unpaired) electrons. The Morgan fingerprint density at radius 1 is 1.08 bits per heavy atom. The predicted octanol–water partition coefficient (Wildman–Crippen LogP) is 5.29. The molecule has 3 rings (SSSR count). The van der Waals surface area contributed by atoms with E-state index >= 15 is 0 Å². The van der Waals surface area contributed by atoms with Crippen LogP contribution in [0.1, 0.15) is 5.56 Å². The maximum absolute atomic E-state index is 13.8. The van der Waals surface area contributed by atoms with Crippen LogP contribution >= 0.6 is 11.3 Å². The molecule has 0 aliphatic heterocycles. The average molecular weight is 381 g/mol. The van der Waals surface area contributed by atoms with Crippen molar-refractivity contribution in [3.63, 3.8) is 0 Å². The first-order chi connectivity index (χ1) is 12.4. The maximum Gasteiger partial charge on any atom is 0.573 e. The Balaban J connectivity index is 1.74. The molecule has 0 spiro atoms. The lowest BCUT2D eigenvalue weighted by Crippen LogP contribution is -2.18. The largest absolute Gasteiger partial charge is 0.573 e. The van der Waals surface area contributed by atoms with Crippen LogP contribution in [0, 0.1) is 5.82 Å². The lowest BCUT2D eigenvalue weighted by molar-refractivity contribution is -0.274. The van der Waals surface area contributed by atoms with Crippen LogP contribution in [0.3, 0.4) is 0 Å². The summed E-state index contributed by atoms with van der Waals surface area (Å²) in [5.74, 6) is -1.56. The Bertz CT molecular complexity index is 910. The number of ether oxygens (including phenoxy) is 1. The van der Waals surface area contributed by atoms with E-state index in [0.717, 1.165) is 35.7 Å². The fraction of sp³-hybridized carbons (Fsp3) is 0.0588. The summed E-state index contributed by atoms with van der Waals surface area (Å²) < 4.78 is 54.8. The molecule has 26 heavy (non-hydrogen) atoms. The number of thiazole rings is 1. The highest BCUT2D eigenvalue weighted by molar-refractivity contribution is 7.14. The van der Waals surface area contributed by atoms with E-state index in [0.29, 0.717) is 5.13 Å². The van der Waals surface area contributed by atoms with Crippen LogP contribution in [0.2, 0.25) is 0 Å². The topological polar surface area (TPSA) is 46.5 Å². The standard InChI is InChI=1S/C17H11F4N3OS/c18-13-7-4-8-15(25-17(19,20)21)12(13)9-22-24-16-23-14(10-26-16)11-5-2-1-3-6-11/h1-10H,(H,23,24). The molecule has 0 aliphatic carbocycles. The van der Waals surface area contributed by atoms with Gasteiger partial charge in [-0.05, 0) is 12.1 Å². The highest BCUT2D eigenvalue weighted by atomic mass is 32.1. The van der Waals surface area contributed by atoms with Crippen LogP contribution in [0.15, 0.2) is 59.0 Å². The second-order valence-electron chi connectivity index (χ2n) is 4.97. The summed E-state index contributed by atoms with van der Waals surface area (Å²) in [6.45, 7) is 0. The second kappa shape index (κ2) is 7.52. The molecule has 1 N–H and O–H groups in total. The van der Waals surface area contributed by atoms with Gasteiger partial charge in [-0.25, -0.2) is 9.37 Å². The molecule has 0 aliphatic rings. The highest BCUT2D eigenvalue weighted by Gasteiger charge is 2.32. The summed E-state index contributed by atoms with van der Waals surface area (Å²) in [6.07, 6.45) is -4.01. The third-order valence-electron chi connectivity index (χ3n) is 3.17. The highest BCUT2D eigenvalue weighted by Crippen LogP contribution is 2.27. The molecule has 0 saturated heterocycles. The molecular weight excluding hydrogens is 370 g/mol. The van der Waals surface area contributed by atoms with E-state index in [1.54, 1.807) is 5.38 Å². The van der Waals surface area contributed by atoms with Crippen molar-refractivity contribution < 1.29 is 22.3 Å². The molecule has 0 unspecified atom stereocenters. The van der Waals surface area contributed by atoms with Crippen LogP contribution in [0.25, 0.3) is 11.3 Å². The lowest BCUT2D eigenvalue weighted by Gasteiger charge is -2.11. The van der Waals surface area contributed by atoms with Crippen molar-refractivity contribution in [2.75, 3.05) is 5.43 Å². The zero-order valence-corrected chi connectivity index (χ0v) is 13.8. The third kappa shape index (κ3) is 4.57. The molecule has 0 fully saturated rings. The maximum atomic E-state index is 13.8. The van der Waals surface area contributed by atoms with Gasteiger partial charge in [-0.2, -0.15) is 5.10 Å². The van der Waals surface area contributed by atoms with Gasteiger partial charge in [0, 0.05) is 10.9 Å². The molecule has 2 aromatic carbocycles. The molecule has 4 nitrogen and oxygen atoms in total. The number of rotatable bonds is 5. The molecule has 0 amide bonds. The summed E-state index contributed by atoms with van der Waals surface area (Å²) in [5.41, 5.74) is 3.79. The Labute approximate surface area is 149 Å². The molecule has 3 aromatic rings. The first-order valence-corrected chi connectivity index (χ1v) is 8.14. The third-order valence-corrected chi connectivity index (χ3v) is 3.91. The van der Waals surface area contributed by atoms with E-state index < -0.39 is 23.5 Å². The Morgan fingerprint density at radius 3 is 2.58 bits per heavy atom. The summed E-state index contributed by atoms with van der Waals surface area (Å²) in [5, 5.41) is 5.97. The number of halogens is 4. The van der Waals surface area contributed by atoms with Crippen molar-refractivity contribution >= 4 is 22.7 Å². The second-order valence-corrected chi connectivity index (χ2v) is 5.83. The number of hydrogen-bond donors (Lipinski definition) is 1. The summed E-state index contributed by atoms with van der Waals surface area (Å²) in [6, 6.07) is 12.6. The number of hydrazone groups is 1. The molecule has 134 valence electrons. The van der Waals surface area contributed by atoms with Crippen LogP contribution < -0.4 is 10.2 Å². The minimum atomic E-state index is -4.93. The summed E-state index contributed by atoms with van der Waals surface area (Å²) in [7, 11) is 0. The zero-order valence-electron chi connectivity index (χ0n) is 13.0. The van der Waals surface area contributed by atoms with Gasteiger partial charge in [0.15, 0.2) is 0 Å². The van der Waals surface area contributed by atoms with E-state index in [2.05, 4.69) is 20.2 Å². The van der Waals surface area contributed by atoms with Crippen molar-refractivity contribution in [3.05, 3.63) is 65.3 Å². The van der Waals surface area contributed by atoms with Gasteiger partial charge in [-0.3, -0.25) is 5.43 Å². The number of nitrogens with zero attached hydrogens (tertiary/aromatic N) is 2. The number of alkyl halides is 3. The minimum Gasteiger partial charge on any atom is -0.405 e. The van der Waals surface area contributed by atoms with Gasteiger partial charge >= 0.3 is 6.36 Å². The van der Waals surface area contributed by atoms with Crippen LogP contribution in [-0.4, -0.2) is 17.6 Å². The Hall–Kier alpha value is -2.94. The number of nitrogens with one attached hydrogen (secondary N) is 1. The van der Waals surface area contributed by atoms with Crippen LogP contribution in [0.5, 0.6) is 5.75 Å². The average Bonchev–Trinajstić information content (AvgIpc) is 3.06. The molecule has 0 bridgehead atoms. The molecule has 9 heteroatoms. The Morgan fingerprint density at radius 2 is 1.85 bits per heavy atom. The van der Waals surface area contributed by atoms with Gasteiger partial charge in [-0.15, -0.1) is 24.5 Å². The number of aromatic nitrogens is 1. The smallest absolute Gasteiger partial charge is 0.405 e. The quantitative estimate of drug-likeness (QED) is 0.371. The molecule has 0 atom stereocenters. The summed E-state index contributed by atoms with van der Waals surface area (Å²) >= 11 is 1.26. The van der Waals surface area contributed by atoms with E-state index in [9.17, 15) is 17.6 Å². The van der Waals surface area contributed by atoms with Gasteiger partial charge in [0.2, 0.25) is 5.13 Å². The molecular formula is C17H11F4N3OS. The fourth-order valence-corrected chi connectivity index (χ4v) is 2.74. The van der Waals surface area contributed by atoms with Crippen LogP contribution in [-0.2, 0) is 0 Å². The SMILES string of the molecule is Fc1cccc(OC(F)(F)F)c1C=NNc1nc(-c2ccccc2)cs1. The lowest BCUT2D eigenvalue weighted by atomic mass is 10.2. The van der Waals surface area contributed by atoms with Crippen molar-refractivity contribution in [1.29, 1.82) is 0 Å². The van der Waals surface area contributed by atoms with Gasteiger partial charge < -0.3 is 4.74 Å². The molecule has 1 aromatic heterocycles. The number of hydrogen-bond acceptors (Lipinski definition) is 5. The molecule has 0 saturated carbocycles. The normalized spacial score (nSPS) is 11.7.